The highest BCUT2D eigenvalue weighted by Gasteiger charge is 2.54. The van der Waals surface area contributed by atoms with Crippen LogP contribution in [-0.4, -0.2) is 129 Å². The molecule has 1 aliphatic heterocycles. The fourth-order valence-corrected chi connectivity index (χ4v) is 6.82. The van der Waals surface area contributed by atoms with Gasteiger partial charge in [-0.2, -0.15) is 0 Å². The molecule has 16 heteroatoms. The standard InChI is InChI=1S/C44H80O16/c1-5-9-13-17-21-25-33(47)55-30-32-40(57-34(48)26-22-18-14-10-6-2)41(58-35(49)27-23-19-15-11-7-3)42(59-36(50)28-24-20-16-12-8-4)44(56-32)60-43(54)39(53)38(52)37(51)31(46)29-45/h31-32,37-46,51-54H,5-30H2,1-4H3/t31-,32-,37-,38+,39+,40-,41+,42+,43?,44-/m1/s1. The van der Waals surface area contributed by atoms with Crippen LogP contribution in [0.2, 0.25) is 0 Å². The number of unbranched alkanes of at least 4 members (excludes halogenated alkanes) is 16. The number of aliphatic hydroxyl groups is 6. The summed E-state index contributed by atoms with van der Waals surface area (Å²) in [4.78, 5) is 53.4. The van der Waals surface area contributed by atoms with Crippen LogP contribution in [0.15, 0.2) is 0 Å². The number of esters is 4. The van der Waals surface area contributed by atoms with E-state index in [4.69, 9.17) is 28.4 Å². The second-order valence-electron chi connectivity index (χ2n) is 16.0. The Morgan fingerprint density at radius 3 is 1.28 bits per heavy atom. The van der Waals surface area contributed by atoms with Crippen LogP contribution in [0.25, 0.3) is 0 Å². The normalized spacial score (nSPS) is 21.7. The molecule has 1 fully saturated rings. The molecule has 0 aromatic rings. The van der Waals surface area contributed by atoms with E-state index in [1.165, 1.54) is 0 Å². The largest absolute Gasteiger partial charge is 0.463 e. The van der Waals surface area contributed by atoms with E-state index in [1.54, 1.807) is 0 Å². The summed E-state index contributed by atoms with van der Waals surface area (Å²) >= 11 is 0. The Balaban J connectivity index is 3.64. The van der Waals surface area contributed by atoms with Gasteiger partial charge in [0.15, 0.2) is 24.6 Å². The monoisotopic (exact) mass is 865 g/mol. The molecule has 6 N–H and O–H groups in total. The predicted molar refractivity (Wildman–Crippen MR) is 221 cm³/mol. The zero-order chi connectivity index (χ0) is 44.7. The highest BCUT2D eigenvalue weighted by Crippen LogP contribution is 2.32. The van der Waals surface area contributed by atoms with Crippen LogP contribution < -0.4 is 0 Å². The molecular weight excluding hydrogens is 784 g/mol. The first kappa shape index (κ1) is 55.6. The molecule has 1 rings (SSSR count). The number of aliphatic hydroxyl groups excluding tert-OH is 6. The van der Waals surface area contributed by atoms with E-state index < -0.39 is 98.5 Å². The van der Waals surface area contributed by atoms with Crippen molar-refractivity contribution in [1.29, 1.82) is 0 Å². The summed E-state index contributed by atoms with van der Waals surface area (Å²) in [5, 5.41) is 61.6. The number of carbonyl (C=O) groups is 4. The van der Waals surface area contributed by atoms with Gasteiger partial charge in [0.25, 0.3) is 0 Å². The molecule has 0 aromatic carbocycles. The Morgan fingerprint density at radius 1 is 0.483 bits per heavy atom. The molecule has 1 saturated heterocycles. The Labute approximate surface area is 358 Å². The van der Waals surface area contributed by atoms with Crippen molar-refractivity contribution in [3.63, 3.8) is 0 Å². The minimum absolute atomic E-state index is 0.00946. The van der Waals surface area contributed by atoms with Gasteiger partial charge in [0.2, 0.25) is 6.29 Å². The number of carbonyl (C=O) groups excluding carboxylic acids is 4. The third-order valence-corrected chi connectivity index (χ3v) is 10.6. The quantitative estimate of drug-likeness (QED) is 0.0205. The van der Waals surface area contributed by atoms with Crippen LogP contribution in [-0.2, 0) is 47.6 Å². The molecule has 1 heterocycles. The molecular formula is C44H80O16. The van der Waals surface area contributed by atoms with Crippen LogP contribution in [0.1, 0.15) is 182 Å². The lowest BCUT2D eigenvalue weighted by atomic mass is 9.97. The van der Waals surface area contributed by atoms with Crippen LogP contribution in [0.5, 0.6) is 0 Å². The number of hydrogen-bond acceptors (Lipinski definition) is 16. The van der Waals surface area contributed by atoms with Crippen molar-refractivity contribution in [2.45, 2.75) is 243 Å². The van der Waals surface area contributed by atoms with E-state index in [9.17, 15) is 49.8 Å². The average Bonchev–Trinajstić information content (AvgIpc) is 3.23. The topological polar surface area (TPSA) is 245 Å². The SMILES string of the molecule is CCCCCCCC(=O)OC[C@H]1O[C@H](OC(O)[C@@H](O)[C@@H](O)[C@H](O)[C@H](O)CO)[C@@H](OC(=O)CCCCCCC)[C@@H](OC(=O)CCCCCCC)[C@@H]1OC(=O)CCCCCCC. The lowest BCUT2D eigenvalue weighted by Crippen LogP contribution is -2.64. The van der Waals surface area contributed by atoms with Gasteiger partial charge in [-0.25, -0.2) is 0 Å². The molecule has 0 aromatic heterocycles. The maximum Gasteiger partial charge on any atom is 0.306 e. The molecule has 0 amide bonds. The lowest BCUT2D eigenvalue weighted by Gasteiger charge is -2.45. The Morgan fingerprint density at radius 2 is 0.867 bits per heavy atom. The summed E-state index contributed by atoms with van der Waals surface area (Å²) in [6.07, 6.45) is -2.35. The first-order valence-corrected chi connectivity index (χ1v) is 22.9. The first-order valence-electron chi connectivity index (χ1n) is 22.9. The fourth-order valence-electron chi connectivity index (χ4n) is 6.82. The fraction of sp³-hybridized carbons (Fsp3) is 0.909. The van der Waals surface area contributed by atoms with E-state index >= 15 is 0 Å². The summed E-state index contributed by atoms with van der Waals surface area (Å²) in [6.45, 7) is 6.76. The van der Waals surface area contributed by atoms with E-state index in [1.807, 2.05) is 0 Å². The van der Waals surface area contributed by atoms with Crippen molar-refractivity contribution in [1.82, 2.24) is 0 Å². The maximum absolute atomic E-state index is 13.5. The molecule has 60 heavy (non-hydrogen) atoms. The van der Waals surface area contributed by atoms with Crippen LogP contribution in [0, 0.1) is 0 Å². The van der Waals surface area contributed by atoms with Crippen LogP contribution in [0.3, 0.4) is 0 Å². The van der Waals surface area contributed by atoms with Crippen molar-refractivity contribution in [2.75, 3.05) is 13.2 Å². The van der Waals surface area contributed by atoms with Gasteiger partial charge in [0.1, 0.15) is 37.1 Å². The number of hydrogen-bond donors (Lipinski definition) is 6. The third-order valence-electron chi connectivity index (χ3n) is 10.6. The number of rotatable bonds is 36. The van der Waals surface area contributed by atoms with Gasteiger partial charge in [-0.1, -0.05) is 130 Å². The summed E-state index contributed by atoms with van der Waals surface area (Å²) in [5.74, 6) is -2.69. The third kappa shape index (κ3) is 23.1. The highest BCUT2D eigenvalue weighted by atomic mass is 16.8. The Bertz CT molecular complexity index is 1140. The average molecular weight is 865 g/mol. The summed E-state index contributed by atoms with van der Waals surface area (Å²) in [5.41, 5.74) is 0. The Hall–Kier alpha value is -2.44. The molecule has 16 nitrogen and oxygen atoms in total. The van der Waals surface area contributed by atoms with Gasteiger partial charge in [-0.3, -0.25) is 19.2 Å². The Kier molecular flexibility index (Phi) is 31.6. The molecule has 352 valence electrons. The van der Waals surface area contributed by atoms with Crippen molar-refractivity contribution in [3.8, 4) is 0 Å². The number of ether oxygens (including phenoxy) is 6. The van der Waals surface area contributed by atoms with Crippen molar-refractivity contribution < 1.29 is 78.2 Å². The zero-order valence-electron chi connectivity index (χ0n) is 36.9. The lowest BCUT2D eigenvalue weighted by molar-refractivity contribution is -0.349. The van der Waals surface area contributed by atoms with E-state index in [-0.39, 0.29) is 25.7 Å². The van der Waals surface area contributed by atoms with Gasteiger partial charge in [-0.15, -0.1) is 0 Å². The minimum atomic E-state index is -2.40. The molecule has 0 radical (unpaired) electrons. The zero-order valence-corrected chi connectivity index (χ0v) is 36.9. The molecule has 1 aliphatic rings. The van der Waals surface area contributed by atoms with Gasteiger partial charge >= 0.3 is 23.9 Å². The van der Waals surface area contributed by atoms with Crippen molar-refractivity contribution in [3.05, 3.63) is 0 Å². The van der Waals surface area contributed by atoms with Gasteiger partial charge in [-0.05, 0) is 25.7 Å². The first-order chi connectivity index (χ1) is 28.8. The molecule has 1 unspecified atom stereocenters. The van der Waals surface area contributed by atoms with Crippen LogP contribution >= 0.6 is 0 Å². The second kappa shape index (κ2) is 34.1. The summed E-state index contributed by atoms with van der Waals surface area (Å²) in [7, 11) is 0. The summed E-state index contributed by atoms with van der Waals surface area (Å²) < 4.78 is 35.3. The van der Waals surface area contributed by atoms with E-state index in [0.29, 0.717) is 25.7 Å². The molecule has 0 bridgehead atoms. The van der Waals surface area contributed by atoms with Gasteiger partial charge in [0.05, 0.1) is 6.61 Å². The van der Waals surface area contributed by atoms with Crippen molar-refractivity contribution >= 4 is 23.9 Å². The second-order valence-corrected chi connectivity index (χ2v) is 16.0. The molecule has 0 saturated carbocycles. The molecule has 10 atom stereocenters. The molecule has 0 aliphatic carbocycles. The van der Waals surface area contributed by atoms with E-state index in [2.05, 4.69) is 27.7 Å². The van der Waals surface area contributed by atoms with Crippen molar-refractivity contribution in [2.24, 2.45) is 0 Å². The molecule has 0 spiro atoms. The minimum Gasteiger partial charge on any atom is -0.463 e. The summed E-state index contributed by atoms with van der Waals surface area (Å²) in [6, 6.07) is 0. The predicted octanol–water partition coefficient (Wildman–Crippen LogP) is 5.20. The van der Waals surface area contributed by atoms with Crippen LogP contribution in [0.4, 0.5) is 0 Å². The van der Waals surface area contributed by atoms with Gasteiger partial charge < -0.3 is 59.1 Å². The van der Waals surface area contributed by atoms with Gasteiger partial charge in [0, 0.05) is 25.7 Å². The smallest absolute Gasteiger partial charge is 0.306 e. The maximum atomic E-state index is 13.5. The highest BCUT2D eigenvalue weighted by molar-refractivity contribution is 5.72. The van der Waals surface area contributed by atoms with E-state index in [0.717, 1.165) is 103 Å².